The standard InChI is InChI=1S/C20H19N3O4S/c1-25-14-9-15(19(24)27-3)16(18(10-14)26-2)11-21-23-20-22-17(12-28-20)13-7-5-4-6-8-13/h4-12H,1-3H3,(H,22,23). The van der Waals surface area contributed by atoms with Gasteiger partial charge >= 0.3 is 5.97 Å². The summed E-state index contributed by atoms with van der Waals surface area (Å²) < 4.78 is 15.4. The number of methoxy groups -OCH3 is 3. The second-order valence-electron chi connectivity index (χ2n) is 5.56. The number of ether oxygens (including phenoxy) is 3. The number of benzene rings is 2. The Hall–Kier alpha value is -3.39. The Balaban J connectivity index is 1.84. The minimum absolute atomic E-state index is 0.286. The topological polar surface area (TPSA) is 82.0 Å². The number of aromatic nitrogens is 1. The number of hydrogen-bond donors (Lipinski definition) is 1. The van der Waals surface area contributed by atoms with E-state index < -0.39 is 5.97 Å². The molecule has 28 heavy (non-hydrogen) atoms. The van der Waals surface area contributed by atoms with Crippen molar-refractivity contribution in [3.05, 3.63) is 59.0 Å². The molecular formula is C20H19N3O4S. The first kappa shape index (κ1) is 19.4. The Morgan fingerprint density at radius 1 is 1.14 bits per heavy atom. The molecule has 144 valence electrons. The lowest BCUT2D eigenvalue weighted by atomic mass is 10.1. The summed E-state index contributed by atoms with van der Waals surface area (Å²) in [5, 5.41) is 6.78. The first-order valence-electron chi connectivity index (χ1n) is 8.30. The van der Waals surface area contributed by atoms with Crippen LogP contribution in [0.1, 0.15) is 15.9 Å². The van der Waals surface area contributed by atoms with Crippen molar-refractivity contribution in [2.45, 2.75) is 0 Å². The van der Waals surface area contributed by atoms with Crippen LogP contribution in [0, 0.1) is 0 Å². The Bertz CT molecular complexity index is 986. The minimum atomic E-state index is -0.515. The van der Waals surface area contributed by atoms with Gasteiger partial charge in [-0.3, -0.25) is 5.43 Å². The lowest BCUT2D eigenvalue weighted by molar-refractivity contribution is 0.0599. The Morgan fingerprint density at radius 3 is 2.61 bits per heavy atom. The third-order valence-electron chi connectivity index (χ3n) is 3.90. The largest absolute Gasteiger partial charge is 0.497 e. The van der Waals surface area contributed by atoms with Crippen LogP contribution in [0.15, 0.2) is 52.9 Å². The zero-order chi connectivity index (χ0) is 19.9. The van der Waals surface area contributed by atoms with Gasteiger partial charge in [-0.05, 0) is 6.07 Å². The molecule has 0 atom stereocenters. The first-order chi connectivity index (χ1) is 13.7. The van der Waals surface area contributed by atoms with E-state index in [4.69, 9.17) is 14.2 Å². The fourth-order valence-corrected chi connectivity index (χ4v) is 3.19. The van der Waals surface area contributed by atoms with Crippen LogP contribution in [-0.4, -0.2) is 38.5 Å². The van der Waals surface area contributed by atoms with Crippen molar-refractivity contribution < 1.29 is 19.0 Å². The molecule has 1 aromatic heterocycles. The van der Waals surface area contributed by atoms with Crippen LogP contribution >= 0.6 is 11.3 Å². The van der Waals surface area contributed by atoms with E-state index in [9.17, 15) is 4.79 Å². The minimum Gasteiger partial charge on any atom is -0.497 e. The molecule has 7 nitrogen and oxygen atoms in total. The van der Waals surface area contributed by atoms with Gasteiger partial charge in [-0.1, -0.05) is 30.3 Å². The van der Waals surface area contributed by atoms with Crippen molar-refractivity contribution in [3.8, 4) is 22.8 Å². The number of nitrogens with zero attached hydrogens (tertiary/aromatic N) is 2. The van der Waals surface area contributed by atoms with Gasteiger partial charge in [0.15, 0.2) is 0 Å². The summed E-state index contributed by atoms with van der Waals surface area (Å²) in [6.45, 7) is 0. The molecule has 0 fully saturated rings. The van der Waals surface area contributed by atoms with Crippen LogP contribution in [0.4, 0.5) is 5.13 Å². The maximum absolute atomic E-state index is 12.1. The second kappa shape index (κ2) is 9.01. The van der Waals surface area contributed by atoms with E-state index in [1.54, 1.807) is 12.1 Å². The zero-order valence-electron chi connectivity index (χ0n) is 15.6. The van der Waals surface area contributed by atoms with E-state index in [2.05, 4.69) is 15.5 Å². The molecule has 0 saturated carbocycles. The van der Waals surface area contributed by atoms with E-state index >= 15 is 0 Å². The zero-order valence-corrected chi connectivity index (χ0v) is 16.4. The highest BCUT2D eigenvalue weighted by molar-refractivity contribution is 7.14. The Morgan fingerprint density at radius 2 is 1.93 bits per heavy atom. The Labute approximate surface area is 166 Å². The normalized spacial score (nSPS) is 10.7. The molecule has 0 aliphatic carbocycles. The summed E-state index contributed by atoms with van der Waals surface area (Å²) in [4.78, 5) is 16.6. The average molecular weight is 397 g/mol. The highest BCUT2D eigenvalue weighted by atomic mass is 32.1. The lowest BCUT2D eigenvalue weighted by Crippen LogP contribution is -2.08. The first-order valence-corrected chi connectivity index (χ1v) is 9.18. The summed E-state index contributed by atoms with van der Waals surface area (Å²) in [6, 6.07) is 13.1. The number of anilines is 1. The van der Waals surface area contributed by atoms with Gasteiger partial charge in [-0.25, -0.2) is 9.78 Å². The van der Waals surface area contributed by atoms with Crippen molar-refractivity contribution in [1.82, 2.24) is 4.98 Å². The molecule has 0 radical (unpaired) electrons. The molecule has 8 heteroatoms. The highest BCUT2D eigenvalue weighted by Crippen LogP contribution is 2.29. The SMILES string of the molecule is COC(=O)c1cc(OC)cc(OC)c1C=NNc1nc(-c2ccccc2)cs1. The number of carbonyl (C=O) groups excluding carboxylic acids is 1. The number of esters is 1. The van der Waals surface area contributed by atoms with E-state index in [0.29, 0.717) is 22.2 Å². The highest BCUT2D eigenvalue weighted by Gasteiger charge is 2.17. The van der Waals surface area contributed by atoms with Crippen LogP contribution in [0.25, 0.3) is 11.3 Å². The summed E-state index contributed by atoms with van der Waals surface area (Å²) in [6.07, 6.45) is 1.49. The predicted octanol–water partition coefficient (Wildman–Crippen LogP) is 4.06. The van der Waals surface area contributed by atoms with E-state index in [0.717, 1.165) is 11.3 Å². The van der Waals surface area contributed by atoms with Crippen LogP contribution < -0.4 is 14.9 Å². The van der Waals surface area contributed by atoms with E-state index in [1.807, 2.05) is 35.7 Å². The van der Waals surface area contributed by atoms with Gasteiger partial charge in [-0.15, -0.1) is 11.3 Å². The van der Waals surface area contributed by atoms with Crippen molar-refractivity contribution in [2.24, 2.45) is 5.10 Å². The summed E-state index contributed by atoms with van der Waals surface area (Å²) in [5.41, 5.74) is 5.54. The molecule has 0 aliphatic rings. The number of hydrogen-bond acceptors (Lipinski definition) is 8. The third kappa shape index (κ3) is 4.29. The molecule has 0 bridgehead atoms. The van der Waals surface area contributed by atoms with Gasteiger partial charge in [0, 0.05) is 17.0 Å². The molecule has 0 amide bonds. The number of thiazole rings is 1. The number of rotatable bonds is 7. The number of nitrogens with one attached hydrogen (secondary N) is 1. The van der Waals surface area contributed by atoms with Crippen LogP contribution in [-0.2, 0) is 4.74 Å². The van der Waals surface area contributed by atoms with E-state index in [1.165, 1.54) is 38.9 Å². The second-order valence-corrected chi connectivity index (χ2v) is 6.41. The van der Waals surface area contributed by atoms with Crippen LogP contribution in [0.3, 0.4) is 0 Å². The van der Waals surface area contributed by atoms with Crippen molar-refractivity contribution in [3.63, 3.8) is 0 Å². The lowest BCUT2D eigenvalue weighted by Gasteiger charge is -2.11. The smallest absolute Gasteiger partial charge is 0.338 e. The molecule has 0 aliphatic heterocycles. The van der Waals surface area contributed by atoms with Crippen molar-refractivity contribution >= 4 is 28.7 Å². The number of carbonyl (C=O) groups is 1. The maximum Gasteiger partial charge on any atom is 0.338 e. The third-order valence-corrected chi connectivity index (χ3v) is 4.65. The summed E-state index contributed by atoms with van der Waals surface area (Å²) in [5.74, 6) is 0.406. The summed E-state index contributed by atoms with van der Waals surface area (Å²) >= 11 is 1.43. The fraction of sp³-hybridized carbons (Fsp3) is 0.150. The van der Waals surface area contributed by atoms with Gasteiger partial charge in [0.05, 0.1) is 44.4 Å². The van der Waals surface area contributed by atoms with Gasteiger partial charge in [0.1, 0.15) is 11.5 Å². The van der Waals surface area contributed by atoms with Gasteiger partial charge in [0.25, 0.3) is 0 Å². The molecule has 1 heterocycles. The van der Waals surface area contributed by atoms with Crippen LogP contribution in [0.5, 0.6) is 11.5 Å². The molecule has 3 rings (SSSR count). The number of hydrazone groups is 1. The van der Waals surface area contributed by atoms with Crippen molar-refractivity contribution in [2.75, 3.05) is 26.8 Å². The fourth-order valence-electron chi connectivity index (χ4n) is 2.52. The predicted molar refractivity (Wildman–Crippen MR) is 110 cm³/mol. The molecule has 0 saturated heterocycles. The average Bonchev–Trinajstić information content (AvgIpc) is 3.22. The molecular weight excluding hydrogens is 378 g/mol. The molecule has 0 spiro atoms. The van der Waals surface area contributed by atoms with Crippen molar-refractivity contribution in [1.29, 1.82) is 0 Å². The quantitative estimate of drug-likeness (QED) is 0.368. The van der Waals surface area contributed by atoms with Gasteiger partial charge in [-0.2, -0.15) is 5.10 Å². The molecule has 3 aromatic rings. The Kier molecular flexibility index (Phi) is 6.23. The maximum atomic E-state index is 12.1. The summed E-state index contributed by atoms with van der Waals surface area (Å²) in [7, 11) is 4.33. The monoisotopic (exact) mass is 397 g/mol. The van der Waals surface area contributed by atoms with E-state index in [-0.39, 0.29) is 5.56 Å². The molecule has 1 N–H and O–H groups in total. The molecule has 0 unspecified atom stereocenters. The van der Waals surface area contributed by atoms with Gasteiger partial charge in [0.2, 0.25) is 5.13 Å². The molecule has 2 aromatic carbocycles. The van der Waals surface area contributed by atoms with Gasteiger partial charge < -0.3 is 14.2 Å². The van der Waals surface area contributed by atoms with Crippen LogP contribution in [0.2, 0.25) is 0 Å².